The highest BCUT2D eigenvalue weighted by molar-refractivity contribution is 9.10. The maximum Gasteiger partial charge on any atom is 0.198 e. The summed E-state index contributed by atoms with van der Waals surface area (Å²) in [6, 6.07) is 8.11. The highest BCUT2D eigenvalue weighted by Gasteiger charge is 2.20. The third-order valence-electron chi connectivity index (χ3n) is 2.15. The highest BCUT2D eigenvalue weighted by Crippen LogP contribution is 2.28. The first-order chi connectivity index (χ1) is 6.81. The lowest BCUT2D eigenvalue weighted by atomic mass is 10.1. The molecule has 0 aromatic heterocycles. The predicted octanol–water partition coefficient (Wildman–Crippen LogP) is 1.88. The molecule has 0 saturated heterocycles. The van der Waals surface area contributed by atoms with Gasteiger partial charge < -0.3 is 10.5 Å². The second-order valence-electron chi connectivity index (χ2n) is 3.08. The van der Waals surface area contributed by atoms with Crippen LogP contribution in [-0.2, 0) is 4.74 Å². The van der Waals surface area contributed by atoms with Gasteiger partial charge in [0, 0.05) is 4.47 Å². The SMILES string of the molecule is NCC1=NC(c2ccccc2Br)CO1. The van der Waals surface area contributed by atoms with E-state index in [0.29, 0.717) is 19.0 Å². The first-order valence-corrected chi connectivity index (χ1v) is 5.24. The van der Waals surface area contributed by atoms with Gasteiger partial charge in [-0.2, -0.15) is 0 Å². The van der Waals surface area contributed by atoms with Gasteiger partial charge in [0.25, 0.3) is 0 Å². The Morgan fingerprint density at radius 3 is 2.93 bits per heavy atom. The molecule has 1 aliphatic heterocycles. The van der Waals surface area contributed by atoms with Crippen LogP contribution in [0.25, 0.3) is 0 Å². The van der Waals surface area contributed by atoms with Crippen molar-refractivity contribution < 1.29 is 4.74 Å². The average molecular weight is 255 g/mol. The van der Waals surface area contributed by atoms with Crippen molar-refractivity contribution in [3.63, 3.8) is 0 Å². The maximum absolute atomic E-state index is 5.44. The van der Waals surface area contributed by atoms with Crippen molar-refractivity contribution in [2.45, 2.75) is 6.04 Å². The van der Waals surface area contributed by atoms with Crippen LogP contribution in [-0.4, -0.2) is 19.0 Å². The molecule has 1 aliphatic rings. The summed E-state index contributed by atoms with van der Waals surface area (Å²) in [6.45, 7) is 0.968. The fourth-order valence-electron chi connectivity index (χ4n) is 1.44. The molecule has 14 heavy (non-hydrogen) atoms. The van der Waals surface area contributed by atoms with Crippen LogP contribution < -0.4 is 5.73 Å². The minimum Gasteiger partial charge on any atom is -0.477 e. The summed E-state index contributed by atoms with van der Waals surface area (Å²) in [4.78, 5) is 4.38. The molecule has 1 aromatic rings. The zero-order chi connectivity index (χ0) is 9.97. The average Bonchev–Trinajstić information content (AvgIpc) is 2.67. The van der Waals surface area contributed by atoms with Crippen molar-refractivity contribution in [2.75, 3.05) is 13.2 Å². The smallest absolute Gasteiger partial charge is 0.198 e. The van der Waals surface area contributed by atoms with Gasteiger partial charge in [-0.05, 0) is 11.6 Å². The molecule has 0 saturated carbocycles. The Hall–Kier alpha value is -0.870. The molecule has 0 aliphatic carbocycles. The Kier molecular flexibility index (Phi) is 2.84. The van der Waals surface area contributed by atoms with E-state index in [1.165, 1.54) is 0 Å². The van der Waals surface area contributed by atoms with Gasteiger partial charge in [0.05, 0.1) is 6.54 Å². The zero-order valence-electron chi connectivity index (χ0n) is 7.61. The quantitative estimate of drug-likeness (QED) is 0.877. The van der Waals surface area contributed by atoms with E-state index in [1.807, 2.05) is 24.3 Å². The van der Waals surface area contributed by atoms with Crippen LogP contribution >= 0.6 is 15.9 Å². The Labute approximate surface area is 91.1 Å². The van der Waals surface area contributed by atoms with Gasteiger partial charge in [-0.25, -0.2) is 4.99 Å². The summed E-state index contributed by atoms with van der Waals surface area (Å²) in [5, 5.41) is 0. The standard InChI is InChI=1S/C10H11BrN2O/c11-8-4-2-1-3-7(8)9-6-14-10(5-12)13-9/h1-4,9H,5-6,12H2. The maximum atomic E-state index is 5.44. The summed E-state index contributed by atoms with van der Waals surface area (Å²) in [7, 11) is 0. The molecule has 0 bridgehead atoms. The molecule has 0 fully saturated rings. The molecule has 4 heteroatoms. The Morgan fingerprint density at radius 2 is 2.29 bits per heavy atom. The molecule has 1 unspecified atom stereocenters. The highest BCUT2D eigenvalue weighted by atomic mass is 79.9. The van der Waals surface area contributed by atoms with Crippen molar-refractivity contribution in [1.29, 1.82) is 0 Å². The van der Waals surface area contributed by atoms with Gasteiger partial charge in [0.15, 0.2) is 5.90 Å². The topological polar surface area (TPSA) is 47.6 Å². The van der Waals surface area contributed by atoms with Crippen LogP contribution in [0, 0.1) is 0 Å². The fourth-order valence-corrected chi connectivity index (χ4v) is 1.99. The Morgan fingerprint density at radius 1 is 1.50 bits per heavy atom. The second-order valence-corrected chi connectivity index (χ2v) is 3.93. The lowest BCUT2D eigenvalue weighted by molar-refractivity contribution is 0.314. The summed E-state index contributed by atoms with van der Waals surface area (Å²) in [5.41, 5.74) is 6.59. The van der Waals surface area contributed by atoms with Crippen LogP contribution in [0.2, 0.25) is 0 Å². The molecule has 0 radical (unpaired) electrons. The van der Waals surface area contributed by atoms with Gasteiger partial charge in [-0.15, -0.1) is 0 Å². The molecule has 3 nitrogen and oxygen atoms in total. The molecule has 1 atom stereocenters. The minimum atomic E-state index is 0.0872. The zero-order valence-corrected chi connectivity index (χ0v) is 9.20. The monoisotopic (exact) mass is 254 g/mol. The van der Waals surface area contributed by atoms with Crippen molar-refractivity contribution in [2.24, 2.45) is 10.7 Å². The van der Waals surface area contributed by atoms with Gasteiger partial charge in [0.2, 0.25) is 0 Å². The number of hydrogen-bond acceptors (Lipinski definition) is 3. The van der Waals surface area contributed by atoms with E-state index >= 15 is 0 Å². The van der Waals surface area contributed by atoms with Crippen LogP contribution in [0.15, 0.2) is 33.7 Å². The van der Waals surface area contributed by atoms with Crippen LogP contribution in [0.5, 0.6) is 0 Å². The lowest BCUT2D eigenvalue weighted by Crippen LogP contribution is -2.13. The molecule has 1 heterocycles. The fraction of sp³-hybridized carbons (Fsp3) is 0.300. The number of halogens is 1. The summed E-state index contributed by atoms with van der Waals surface area (Å²) in [6.07, 6.45) is 0. The van der Waals surface area contributed by atoms with Crippen molar-refractivity contribution >= 4 is 21.8 Å². The Balaban J connectivity index is 2.25. The number of nitrogens with zero attached hydrogens (tertiary/aromatic N) is 1. The molecular weight excluding hydrogens is 244 g/mol. The van der Waals surface area contributed by atoms with Gasteiger partial charge in [-0.1, -0.05) is 34.1 Å². The van der Waals surface area contributed by atoms with E-state index in [0.717, 1.165) is 10.0 Å². The molecule has 0 spiro atoms. The van der Waals surface area contributed by atoms with Crippen molar-refractivity contribution in [3.05, 3.63) is 34.3 Å². The first-order valence-electron chi connectivity index (χ1n) is 4.45. The van der Waals surface area contributed by atoms with Gasteiger partial charge >= 0.3 is 0 Å². The summed E-state index contributed by atoms with van der Waals surface area (Å²) in [5.74, 6) is 0.644. The number of ether oxygens (including phenoxy) is 1. The first kappa shape index (κ1) is 9.68. The molecule has 2 N–H and O–H groups in total. The predicted molar refractivity (Wildman–Crippen MR) is 59.3 cm³/mol. The number of rotatable bonds is 2. The number of aliphatic imine (C=N–C) groups is 1. The molecule has 74 valence electrons. The van der Waals surface area contributed by atoms with Crippen LogP contribution in [0.4, 0.5) is 0 Å². The summed E-state index contributed by atoms with van der Waals surface area (Å²) < 4.78 is 6.39. The van der Waals surface area contributed by atoms with Gasteiger partial charge in [-0.3, -0.25) is 0 Å². The van der Waals surface area contributed by atoms with Crippen LogP contribution in [0.1, 0.15) is 11.6 Å². The lowest BCUT2D eigenvalue weighted by Gasteiger charge is -2.06. The molecule has 1 aromatic carbocycles. The normalized spacial score (nSPS) is 20.4. The largest absolute Gasteiger partial charge is 0.477 e. The molecule has 2 rings (SSSR count). The number of nitrogens with two attached hydrogens (primary N) is 1. The van der Waals surface area contributed by atoms with E-state index in [2.05, 4.69) is 20.9 Å². The third-order valence-corrected chi connectivity index (χ3v) is 2.87. The second kappa shape index (κ2) is 4.11. The van der Waals surface area contributed by atoms with Crippen molar-refractivity contribution in [3.8, 4) is 0 Å². The van der Waals surface area contributed by atoms with E-state index < -0.39 is 0 Å². The third kappa shape index (κ3) is 1.81. The van der Waals surface area contributed by atoms with E-state index in [-0.39, 0.29) is 6.04 Å². The van der Waals surface area contributed by atoms with Gasteiger partial charge in [0.1, 0.15) is 12.6 Å². The molecular formula is C10H11BrN2O. The van der Waals surface area contributed by atoms with E-state index in [1.54, 1.807) is 0 Å². The number of hydrogen-bond donors (Lipinski definition) is 1. The molecule has 0 amide bonds. The Bertz CT molecular complexity index is 365. The summed E-state index contributed by atoms with van der Waals surface area (Å²) >= 11 is 3.49. The van der Waals surface area contributed by atoms with E-state index in [9.17, 15) is 0 Å². The van der Waals surface area contributed by atoms with Crippen molar-refractivity contribution in [1.82, 2.24) is 0 Å². The van der Waals surface area contributed by atoms with E-state index in [4.69, 9.17) is 10.5 Å². The minimum absolute atomic E-state index is 0.0872. The van der Waals surface area contributed by atoms with Crippen LogP contribution in [0.3, 0.4) is 0 Å². The number of benzene rings is 1.